The Morgan fingerprint density at radius 3 is 2.61 bits per heavy atom. The van der Waals surface area contributed by atoms with E-state index in [9.17, 15) is 4.79 Å². The molecular weight excluding hydrogens is 368 g/mol. The number of aryl methyl sites for hydroxylation is 1. The zero-order valence-corrected chi connectivity index (χ0v) is 16.9. The highest BCUT2D eigenvalue weighted by molar-refractivity contribution is 7.99. The van der Waals surface area contributed by atoms with Gasteiger partial charge in [0.1, 0.15) is 0 Å². The number of nitrogens with zero attached hydrogens (tertiary/aromatic N) is 2. The summed E-state index contributed by atoms with van der Waals surface area (Å²) < 4.78 is 5.70. The number of thioether (sulfide) groups is 1. The summed E-state index contributed by atoms with van der Waals surface area (Å²) in [5, 5.41) is 8.57. The van der Waals surface area contributed by atoms with Gasteiger partial charge in [-0.1, -0.05) is 73.0 Å². The summed E-state index contributed by atoms with van der Waals surface area (Å²) in [4.78, 5) is 12.5. The van der Waals surface area contributed by atoms with Gasteiger partial charge in [-0.2, -0.15) is 0 Å². The monoisotopic (exact) mass is 392 g/mol. The molecule has 4 rings (SSSR count). The zero-order valence-electron chi connectivity index (χ0n) is 16.1. The first-order valence-electron chi connectivity index (χ1n) is 9.85. The minimum Gasteiger partial charge on any atom is -0.411 e. The number of aromatic nitrogens is 2. The second-order valence-electron chi connectivity index (χ2n) is 7.41. The molecule has 0 unspecified atom stereocenters. The van der Waals surface area contributed by atoms with Crippen LogP contribution in [0.25, 0.3) is 11.5 Å². The minimum atomic E-state index is 0.0792. The largest absolute Gasteiger partial charge is 0.411 e. The number of Topliss-reactive ketones (excluding diaryl/α,β-unsaturated/α-hetero) is 1. The Kier molecular flexibility index (Phi) is 5.91. The standard InChI is InChI=1S/C23H24N2O2S/c1-16-6-5-9-20(14-16)22-24-25-23(27-22)28-15-21(26)19-12-10-18(11-13-19)17-7-3-2-4-8-17/h5-6,9-14,17H,2-4,7-8,15H2,1H3. The average Bonchev–Trinajstić information content (AvgIpc) is 3.22. The summed E-state index contributed by atoms with van der Waals surface area (Å²) in [5.74, 6) is 1.51. The molecule has 0 bridgehead atoms. The first kappa shape index (κ1) is 18.9. The molecule has 0 saturated heterocycles. The second kappa shape index (κ2) is 8.74. The molecule has 1 aliphatic rings. The van der Waals surface area contributed by atoms with E-state index in [1.54, 1.807) is 0 Å². The zero-order chi connectivity index (χ0) is 19.3. The van der Waals surface area contributed by atoms with Gasteiger partial charge in [-0.3, -0.25) is 4.79 Å². The number of rotatable bonds is 6. The molecule has 0 amide bonds. The molecule has 2 aromatic carbocycles. The summed E-state index contributed by atoms with van der Waals surface area (Å²) >= 11 is 1.29. The van der Waals surface area contributed by atoms with Gasteiger partial charge in [0.2, 0.25) is 5.89 Å². The van der Waals surface area contributed by atoms with E-state index in [2.05, 4.69) is 22.3 Å². The number of benzene rings is 2. The SMILES string of the molecule is Cc1cccc(-c2nnc(SCC(=O)c3ccc(C4CCCCC4)cc3)o2)c1. The Hall–Kier alpha value is -2.40. The minimum absolute atomic E-state index is 0.0792. The summed E-state index contributed by atoms with van der Waals surface area (Å²) in [6, 6.07) is 16.1. The van der Waals surface area contributed by atoms with Gasteiger partial charge in [0, 0.05) is 11.1 Å². The van der Waals surface area contributed by atoms with Crippen molar-refractivity contribution in [3.05, 3.63) is 65.2 Å². The second-order valence-corrected chi connectivity index (χ2v) is 8.34. The van der Waals surface area contributed by atoms with Gasteiger partial charge in [0.25, 0.3) is 5.22 Å². The predicted octanol–water partition coefficient (Wildman–Crippen LogP) is 6.07. The van der Waals surface area contributed by atoms with Crippen LogP contribution in [0.1, 0.15) is 59.5 Å². The van der Waals surface area contributed by atoms with E-state index in [-0.39, 0.29) is 11.5 Å². The van der Waals surface area contributed by atoms with Crippen LogP contribution in [0, 0.1) is 6.92 Å². The van der Waals surface area contributed by atoms with Gasteiger partial charge in [-0.15, -0.1) is 10.2 Å². The topological polar surface area (TPSA) is 56.0 Å². The fraction of sp³-hybridized carbons (Fsp3) is 0.348. The van der Waals surface area contributed by atoms with Crippen molar-refractivity contribution >= 4 is 17.5 Å². The van der Waals surface area contributed by atoms with Gasteiger partial charge in [-0.05, 0) is 43.4 Å². The Morgan fingerprint density at radius 2 is 1.86 bits per heavy atom. The van der Waals surface area contributed by atoms with Crippen molar-refractivity contribution in [2.75, 3.05) is 5.75 Å². The summed E-state index contributed by atoms with van der Waals surface area (Å²) in [6.07, 6.45) is 6.52. The third kappa shape index (κ3) is 4.53. The molecule has 3 aromatic rings. The number of hydrogen-bond acceptors (Lipinski definition) is 5. The summed E-state index contributed by atoms with van der Waals surface area (Å²) in [6.45, 7) is 2.02. The first-order chi connectivity index (χ1) is 13.7. The van der Waals surface area contributed by atoms with Crippen LogP contribution < -0.4 is 0 Å². The molecule has 1 saturated carbocycles. The highest BCUT2D eigenvalue weighted by Gasteiger charge is 2.16. The summed E-state index contributed by atoms with van der Waals surface area (Å²) in [7, 11) is 0. The van der Waals surface area contributed by atoms with Crippen LogP contribution in [0.2, 0.25) is 0 Å². The number of carbonyl (C=O) groups is 1. The Labute approximate surface area is 169 Å². The molecule has 1 fully saturated rings. The highest BCUT2D eigenvalue weighted by atomic mass is 32.2. The predicted molar refractivity (Wildman–Crippen MR) is 112 cm³/mol. The van der Waals surface area contributed by atoms with Gasteiger partial charge in [-0.25, -0.2) is 0 Å². The third-order valence-electron chi connectivity index (χ3n) is 5.31. The van der Waals surface area contributed by atoms with E-state index in [1.165, 1.54) is 49.4 Å². The maximum Gasteiger partial charge on any atom is 0.277 e. The number of carbonyl (C=O) groups excluding carboxylic acids is 1. The molecule has 0 N–H and O–H groups in total. The van der Waals surface area contributed by atoms with Crippen LogP contribution in [0.15, 0.2) is 58.2 Å². The summed E-state index contributed by atoms with van der Waals surface area (Å²) in [5.41, 5.74) is 4.13. The fourth-order valence-corrected chi connectivity index (χ4v) is 4.41. The quantitative estimate of drug-likeness (QED) is 0.376. The van der Waals surface area contributed by atoms with E-state index in [0.717, 1.165) is 16.7 Å². The Bertz CT molecular complexity index is 943. The van der Waals surface area contributed by atoms with Crippen molar-refractivity contribution in [2.24, 2.45) is 0 Å². The third-order valence-corrected chi connectivity index (χ3v) is 6.13. The van der Waals surface area contributed by atoms with Crippen LogP contribution in [0.3, 0.4) is 0 Å². The molecule has 1 aliphatic carbocycles. The molecule has 0 aliphatic heterocycles. The van der Waals surface area contributed by atoms with Crippen molar-refractivity contribution in [3.63, 3.8) is 0 Å². The van der Waals surface area contributed by atoms with Crippen molar-refractivity contribution < 1.29 is 9.21 Å². The molecular formula is C23H24N2O2S. The molecule has 1 aromatic heterocycles. The Morgan fingerprint density at radius 1 is 1.07 bits per heavy atom. The first-order valence-corrected chi connectivity index (χ1v) is 10.8. The molecule has 0 atom stereocenters. The number of hydrogen-bond donors (Lipinski definition) is 0. The van der Waals surface area contributed by atoms with Gasteiger partial charge in [0.05, 0.1) is 5.75 Å². The smallest absolute Gasteiger partial charge is 0.277 e. The van der Waals surface area contributed by atoms with Gasteiger partial charge >= 0.3 is 0 Å². The lowest BCUT2D eigenvalue weighted by atomic mass is 9.84. The van der Waals surface area contributed by atoms with Crippen molar-refractivity contribution in [3.8, 4) is 11.5 Å². The van der Waals surface area contributed by atoms with E-state index >= 15 is 0 Å². The maximum absolute atomic E-state index is 12.5. The van der Waals surface area contributed by atoms with E-state index in [1.807, 2.05) is 43.3 Å². The molecule has 5 heteroatoms. The molecule has 28 heavy (non-hydrogen) atoms. The van der Waals surface area contributed by atoms with Crippen LogP contribution in [0.5, 0.6) is 0 Å². The van der Waals surface area contributed by atoms with Crippen LogP contribution in [0.4, 0.5) is 0 Å². The molecule has 144 valence electrons. The van der Waals surface area contributed by atoms with Crippen molar-refractivity contribution in [1.82, 2.24) is 10.2 Å². The molecule has 1 heterocycles. The van der Waals surface area contributed by atoms with E-state index < -0.39 is 0 Å². The lowest BCUT2D eigenvalue weighted by Crippen LogP contribution is -2.06. The fourth-order valence-electron chi connectivity index (χ4n) is 3.75. The van der Waals surface area contributed by atoms with Crippen LogP contribution in [-0.2, 0) is 0 Å². The van der Waals surface area contributed by atoms with E-state index in [4.69, 9.17) is 4.42 Å². The van der Waals surface area contributed by atoms with Crippen LogP contribution >= 0.6 is 11.8 Å². The number of ketones is 1. The van der Waals surface area contributed by atoms with Crippen LogP contribution in [-0.4, -0.2) is 21.7 Å². The van der Waals surface area contributed by atoms with Gasteiger partial charge in [0.15, 0.2) is 5.78 Å². The molecule has 0 spiro atoms. The lowest BCUT2D eigenvalue weighted by molar-refractivity contribution is 0.102. The highest BCUT2D eigenvalue weighted by Crippen LogP contribution is 2.32. The van der Waals surface area contributed by atoms with Crippen molar-refractivity contribution in [2.45, 2.75) is 50.2 Å². The van der Waals surface area contributed by atoms with Crippen molar-refractivity contribution in [1.29, 1.82) is 0 Å². The Balaban J connectivity index is 1.35. The lowest BCUT2D eigenvalue weighted by Gasteiger charge is -2.22. The van der Waals surface area contributed by atoms with E-state index in [0.29, 0.717) is 17.0 Å². The molecule has 4 nitrogen and oxygen atoms in total. The average molecular weight is 393 g/mol. The normalized spacial score (nSPS) is 14.9. The maximum atomic E-state index is 12.5. The van der Waals surface area contributed by atoms with Gasteiger partial charge < -0.3 is 4.42 Å². The molecule has 0 radical (unpaired) electrons.